The van der Waals surface area contributed by atoms with Crippen LogP contribution in [0.3, 0.4) is 0 Å². The molecule has 1 saturated heterocycles. The van der Waals surface area contributed by atoms with Crippen molar-refractivity contribution in [3.63, 3.8) is 0 Å². The summed E-state index contributed by atoms with van der Waals surface area (Å²) < 4.78 is 37.6. The first-order valence-electron chi connectivity index (χ1n) is 11.6. The van der Waals surface area contributed by atoms with Crippen LogP contribution in [0.15, 0.2) is 60.7 Å². The van der Waals surface area contributed by atoms with E-state index in [0.717, 1.165) is 11.1 Å². The number of rotatable bonds is 11. The number of morpholine rings is 1. The second kappa shape index (κ2) is 13.0. The summed E-state index contributed by atoms with van der Waals surface area (Å²) in [7, 11) is -4.27. The average Bonchev–Trinajstić information content (AvgIpc) is 2.88. The third-order valence-electron chi connectivity index (χ3n) is 5.79. The minimum absolute atomic E-state index is 0.0261. The van der Waals surface area contributed by atoms with Crippen LogP contribution in [-0.4, -0.2) is 80.2 Å². The first-order valence-corrected chi connectivity index (χ1v) is 13.3. The van der Waals surface area contributed by atoms with E-state index in [-0.39, 0.29) is 39.3 Å². The van der Waals surface area contributed by atoms with Crippen molar-refractivity contribution in [2.24, 2.45) is 5.92 Å². The van der Waals surface area contributed by atoms with E-state index in [1.807, 2.05) is 11.4 Å². The Balaban J connectivity index is 1.82. The number of benzene rings is 2. The lowest BCUT2D eigenvalue weighted by Crippen LogP contribution is -2.53. The summed E-state index contributed by atoms with van der Waals surface area (Å²) in [6, 6.07) is 17.9. The monoisotopic (exact) mass is 518 g/mol. The van der Waals surface area contributed by atoms with Gasteiger partial charge in [-0.1, -0.05) is 60.7 Å². The van der Waals surface area contributed by atoms with Gasteiger partial charge in [0, 0.05) is 19.6 Å². The minimum Gasteiger partial charge on any atom is -0.465 e. The smallest absolute Gasteiger partial charge is 0.404 e. The van der Waals surface area contributed by atoms with E-state index in [0.29, 0.717) is 0 Å². The van der Waals surface area contributed by atoms with Gasteiger partial charge in [0.1, 0.15) is 6.61 Å². The first kappa shape index (κ1) is 27.2. The molecular weight excluding hydrogens is 488 g/mol. The largest absolute Gasteiger partial charge is 0.465 e. The number of carbonyl (C=O) groups is 3. The maximum atomic E-state index is 13.5. The van der Waals surface area contributed by atoms with E-state index in [9.17, 15) is 22.8 Å². The standard InChI is InChI=1S/C25H30N2O8S/c28-23(27-11-13-34-14-12-27)22(16-26-25(30)31)36(32,33)18-21(15-19-7-3-1-4-8-19)24(29)35-17-20-9-5-2-6-10-20/h1-10,21-22,26H,11-18H2,(H,30,31)/t21-,22-/m1/s1. The maximum absolute atomic E-state index is 13.5. The number of ether oxygens (including phenoxy) is 2. The van der Waals surface area contributed by atoms with Crippen molar-refractivity contribution in [1.82, 2.24) is 10.2 Å². The molecule has 1 fully saturated rings. The van der Waals surface area contributed by atoms with Crippen molar-refractivity contribution in [3.05, 3.63) is 71.8 Å². The molecule has 1 aliphatic rings. The molecule has 2 amide bonds. The Hall–Kier alpha value is -3.44. The van der Waals surface area contributed by atoms with Crippen LogP contribution in [0.2, 0.25) is 0 Å². The Bertz CT molecular complexity index is 1120. The molecule has 0 aromatic heterocycles. The van der Waals surface area contributed by atoms with Gasteiger partial charge in [0.25, 0.3) is 0 Å². The topological polar surface area (TPSA) is 139 Å². The van der Waals surface area contributed by atoms with E-state index in [1.54, 1.807) is 54.6 Å². The van der Waals surface area contributed by atoms with Gasteiger partial charge in [-0.2, -0.15) is 0 Å². The van der Waals surface area contributed by atoms with Gasteiger partial charge in [0.15, 0.2) is 15.1 Å². The molecule has 2 aromatic rings. The number of nitrogens with one attached hydrogen (secondary N) is 1. The molecule has 2 aromatic carbocycles. The number of carbonyl (C=O) groups excluding carboxylic acids is 2. The first-order chi connectivity index (χ1) is 17.3. The summed E-state index contributed by atoms with van der Waals surface area (Å²) in [5.41, 5.74) is 1.48. The fourth-order valence-corrected chi connectivity index (χ4v) is 5.73. The molecule has 3 rings (SSSR count). The van der Waals surface area contributed by atoms with E-state index < -0.39 is 51.3 Å². The normalized spacial score (nSPS) is 15.5. The van der Waals surface area contributed by atoms with Gasteiger partial charge in [-0.25, -0.2) is 13.2 Å². The summed E-state index contributed by atoms with van der Waals surface area (Å²) in [5.74, 6) is -3.19. The highest BCUT2D eigenvalue weighted by molar-refractivity contribution is 7.92. The molecule has 2 N–H and O–H groups in total. The second-order valence-electron chi connectivity index (χ2n) is 8.42. The number of esters is 1. The van der Waals surface area contributed by atoms with Gasteiger partial charge in [-0.15, -0.1) is 0 Å². The highest BCUT2D eigenvalue weighted by atomic mass is 32.2. The predicted octanol–water partition coefficient (Wildman–Crippen LogP) is 1.50. The van der Waals surface area contributed by atoms with Crippen LogP contribution in [0.5, 0.6) is 0 Å². The Morgan fingerprint density at radius 3 is 2.14 bits per heavy atom. The Morgan fingerprint density at radius 1 is 0.972 bits per heavy atom. The van der Waals surface area contributed by atoms with E-state index in [2.05, 4.69) is 0 Å². The van der Waals surface area contributed by atoms with Gasteiger partial charge >= 0.3 is 12.1 Å². The van der Waals surface area contributed by atoms with Gasteiger partial charge in [-0.05, 0) is 17.5 Å². The molecule has 36 heavy (non-hydrogen) atoms. The summed E-state index contributed by atoms with van der Waals surface area (Å²) in [6.07, 6.45) is -1.37. The summed E-state index contributed by atoms with van der Waals surface area (Å²) >= 11 is 0. The molecule has 1 aliphatic heterocycles. The van der Waals surface area contributed by atoms with Gasteiger partial charge in [0.2, 0.25) is 5.91 Å². The van der Waals surface area contributed by atoms with Crippen LogP contribution in [0.1, 0.15) is 11.1 Å². The molecule has 2 atom stereocenters. The zero-order valence-corrected chi connectivity index (χ0v) is 20.6. The third kappa shape index (κ3) is 8.06. The maximum Gasteiger partial charge on any atom is 0.404 e. The molecule has 0 saturated carbocycles. The number of hydrogen-bond acceptors (Lipinski definition) is 7. The van der Waals surface area contributed by atoms with Crippen LogP contribution in [-0.2, 0) is 41.9 Å². The highest BCUT2D eigenvalue weighted by Crippen LogP contribution is 2.19. The lowest BCUT2D eigenvalue weighted by Gasteiger charge is -2.30. The fraction of sp³-hybridized carbons (Fsp3) is 0.400. The Kier molecular flexibility index (Phi) is 9.83. The van der Waals surface area contributed by atoms with Crippen LogP contribution < -0.4 is 5.32 Å². The molecule has 0 radical (unpaired) electrons. The number of nitrogens with zero attached hydrogens (tertiary/aromatic N) is 1. The molecular formula is C25H30N2O8S. The van der Waals surface area contributed by atoms with Gasteiger partial charge < -0.3 is 24.8 Å². The summed E-state index contributed by atoms with van der Waals surface area (Å²) in [6.45, 7) is 0.266. The number of carboxylic acid groups (broad SMARTS) is 1. The lowest BCUT2D eigenvalue weighted by atomic mass is 10.0. The van der Waals surface area contributed by atoms with E-state index in [4.69, 9.17) is 14.6 Å². The average molecular weight is 519 g/mol. The number of sulfone groups is 1. The van der Waals surface area contributed by atoms with Crippen molar-refractivity contribution >= 4 is 27.8 Å². The highest BCUT2D eigenvalue weighted by Gasteiger charge is 2.39. The van der Waals surface area contributed by atoms with E-state index in [1.165, 1.54) is 4.90 Å². The molecule has 11 heteroatoms. The van der Waals surface area contributed by atoms with Gasteiger partial charge in [-0.3, -0.25) is 9.59 Å². The quantitative estimate of drug-likeness (QED) is 0.427. The predicted molar refractivity (Wildman–Crippen MR) is 131 cm³/mol. The van der Waals surface area contributed by atoms with Crippen molar-refractivity contribution in [2.75, 3.05) is 38.6 Å². The minimum atomic E-state index is -4.27. The molecule has 10 nitrogen and oxygen atoms in total. The van der Waals surface area contributed by atoms with Crippen LogP contribution >= 0.6 is 0 Å². The SMILES string of the molecule is O=C(O)NC[C@H](C(=O)N1CCOCC1)S(=O)(=O)C[C@@H](Cc1ccccc1)C(=O)OCc1ccccc1. The molecule has 0 spiro atoms. The van der Waals surface area contributed by atoms with Crippen molar-refractivity contribution < 1.29 is 37.4 Å². The lowest BCUT2D eigenvalue weighted by molar-refractivity contribution is -0.149. The van der Waals surface area contributed by atoms with Crippen molar-refractivity contribution in [1.29, 1.82) is 0 Å². The molecule has 0 bridgehead atoms. The number of amides is 2. The molecule has 0 unspecified atom stereocenters. The van der Waals surface area contributed by atoms with Crippen LogP contribution in [0.25, 0.3) is 0 Å². The van der Waals surface area contributed by atoms with Crippen molar-refractivity contribution in [2.45, 2.75) is 18.3 Å². The fourth-order valence-electron chi connectivity index (χ4n) is 3.89. The van der Waals surface area contributed by atoms with Crippen LogP contribution in [0, 0.1) is 5.92 Å². The van der Waals surface area contributed by atoms with Crippen molar-refractivity contribution in [3.8, 4) is 0 Å². The summed E-state index contributed by atoms with van der Waals surface area (Å²) in [4.78, 5) is 38.6. The Labute approximate surface area is 210 Å². The number of hydrogen-bond donors (Lipinski definition) is 2. The molecule has 1 heterocycles. The molecule has 194 valence electrons. The Morgan fingerprint density at radius 2 is 1.56 bits per heavy atom. The second-order valence-corrected chi connectivity index (χ2v) is 10.6. The third-order valence-corrected chi connectivity index (χ3v) is 7.89. The van der Waals surface area contributed by atoms with Crippen LogP contribution in [0.4, 0.5) is 4.79 Å². The molecule has 0 aliphatic carbocycles. The van der Waals surface area contributed by atoms with E-state index >= 15 is 0 Å². The zero-order valence-electron chi connectivity index (χ0n) is 19.7. The van der Waals surface area contributed by atoms with Gasteiger partial charge in [0.05, 0.1) is 24.9 Å². The summed E-state index contributed by atoms with van der Waals surface area (Å²) in [5, 5.41) is 9.38. The zero-order chi connectivity index (χ0) is 26.0.